The first-order valence-corrected chi connectivity index (χ1v) is 7.49. The van der Waals surface area contributed by atoms with E-state index in [1.54, 1.807) is 0 Å². The first-order chi connectivity index (χ1) is 8.88. The van der Waals surface area contributed by atoms with Crippen LogP contribution in [-0.4, -0.2) is 8.42 Å². The van der Waals surface area contributed by atoms with E-state index in [0.29, 0.717) is 10.2 Å². The van der Waals surface area contributed by atoms with E-state index in [-0.39, 0.29) is 10.6 Å². The molecule has 0 aromatic heterocycles. The van der Waals surface area contributed by atoms with Crippen LogP contribution in [0, 0.1) is 5.82 Å². The maximum absolute atomic E-state index is 13.0. The van der Waals surface area contributed by atoms with Gasteiger partial charge in [0.15, 0.2) is 0 Å². The Balaban J connectivity index is 2.38. The van der Waals surface area contributed by atoms with Gasteiger partial charge in [0.25, 0.3) is 10.0 Å². The van der Waals surface area contributed by atoms with Gasteiger partial charge in [0.2, 0.25) is 0 Å². The van der Waals surface area contributed by atoms with E-state index in [9.17, 15) is 12.8 Å². The van der Waals surface area contributed by atoms with Crippen LogP contribution < -0.4 is 10.5 Å². The lowest BCUT2D eigenvalue weighted by atomic mass is 10.3. The lowest BCUT2D eigenvalue weighted by Gasteiger charge is -2.10. The average molecular weight is 345 g/mol. The fourth-order valence-electron chi connectivity index (χ4n) is 1.50. The van der Waals surface area contributed by atoms with Crippen LogP contribution in [0.25, 0.3) is 0 Å². The van der Waals surface area contributed by atoms with Gasteiger partial charge in [-0.1, -0.05) is 6.07 Å². The molecule has 0 saturated heterocycles. The van der Waals surface area contributed by atoms with Gasteiger partial charge in [-0.15, -0.1) is 0 Å². The van der Waals surface area contributed by atoms with Crippen LogP contribution in [0.15, 0.2) is 51.8 Å². The summed E-state index contributed by atoms with van der Waals surface area (Å²) >= 11 is 3.14. The molecule has 2 aromatic carbocycles. The lowest BCUT2D eigenvalue weighted by Crippen LogP contribution is -2.13. The Morgan fingerprint density at radius 3 is 2.53 bits per heavy atom. The zero-order valence-electron chi connectivity index (χ0n) is 9.60. The number of halogens is 2. The standard InChI is InChI=1S/C12H10BrFN2O2S/c13-11-7-9(15)4-5-12(11)19(17,18)16-10-3-1-2-8(14)6-10/h1-7,16H,15H2. The van der Waals surface area contributed by atoms with Crippen LogP contribution in [0.4, 0.5) is 15.8 Å². The van der Waals surface area contributed by atoms with Crippen LogP contribution in [0.1, 0.15) is 0 Å². The number of sulfonamides is 1. The fourth-order valence-corrected chi connectivity index (χ4v) is 3.64. The van der Waals surface area contributed by atoms with E-state index in [1.807, 2.05) is 0 Å². The number of nitrogens with one attached hydrogen (secondary N) is 1. The third-order valence-corrected chi connectivity index (χ3v) is 4.68. The number of hydrogen-bond donors (Lipinski definition) is 2. The molecule has 0 bridgehead atoms. The molecule has 19 heavy (non-hydrogen) atoms. The summed E-state index contributed by atoms with van der Waals surface area (Å²) < 4.78 is 39.9. The van der Waals surface area contributed by atoms with Crippen LogP contribution >= 0.6 is 15.9 Å². The molecule has 100 valence electrons. The second-order valence-corrected chi connectivity index (χ2v) is 6.31. The van der Waals surface area contributed by atoms with Gasteiger partial charge in [-0.2, -0.15) is 0 Å². The van der Waals surface area contributed by atoms with Gasteiger partial charge in [-0.3, -0.25) is 4.72 Å². The Morgan fingerprint density at radius 1 is 1.16 bits per heavy atom. The Kier molecular flexibility index (Phi) is 3.77. The maximum Gasteiger partial charge on any atom is 0.263 e. The Morgan fingerprint density at radius 2 is 1.89 bits per heavy atom. The lowest BCUT2D eigenvalue weighted by molar-refractivity contribution is 0.600. The molecule has 2 rings (SSSR count). The maximum atomic E-state index is 13.0. The monoisotopic (exact) mass is 344 g/mol. The molecule has 0 heterocycles. The van der Waals surface area contributed by atoms with Gasteiger partial charge in [0.05, 0.1) is 5.69 Å². The highest BCUT2D eigenvalue weighted by Gasteiger charge is 2.17. The fraction of sp³-hybridized carbons (Fsp3) is 0. The second-order valence-electron chi connectivity index (χ2n) is 3.81. The molecule has 0 aliphatic heterocycles. The average Bonchev–Trinajstić information content (AvgIpc) is 2.27. The van der Waals surface area contributed by atoms with Crippen molar-refractivity contribution in [1.82, 2.24) is 0 Å². The number of nitrogen functional groups attached to an aromatic ring is 1. The minimum Gasteiger partial charge on any atom is -0.399 e. The molecule has 4 nitrogen and oxygen atoms in total. The summed E-state index contributed by atoms with van der Waals surface area (Å²) in [6.45, 7) is 0. The molecule has 2 aromatic rings. The van der Waals surface area contributed by atoms with Crippen molar-refractivity contribution in [3.63, 3.8) is 0 Å². The molecule has 0 atom stereocenters. The summed E-state index contributed by atoms with van der Waals surface area (Å²) in [6, 6.07) is 9.56. The molecule has 0 fully saturated rings. The highest BCUT2D eigenvalue weighted by Crippen LogP contribution is 2.26. The Bertz CT molecular complexity index is 719. The van der Waals surface area contributed by atoms with Crippen LogP contribution in [0.3, 0.4) is 0 Å². The summed E-state index contributed by atoms with van der Waals surface area (Å²) in [5.74, 6) is -0.517. The largest absolute Gasteiger partial charge is 0.399 e. The normalized spacial score (nSPS) is 11.3. The van der Waals surface area contributed by atoms with Gasteiger partial charge in [0.1, 0.15) is 10.7 Å². The molecule has 3 N–H and O–H groups in total. The quantitative estimate of drug-likeness (QED) is 0.840. The van der Waals surface area contributed by atoms with Crippen molar-refractivity contribution in [3.05, 3.63) is 52.8 Å². The first kappa shape index (κ1) is 13.8. The molecule has 0 unspecified atom stereocenters. The van der Waals surface area contributed by atoms with Crippen LogP contribution in [0.2, 0.25) is 0 Å². The predicted octanol–water partition coefficient (Wildman–Crippen LogP) is 2.97. The smallest absolute Gasteiger partial charge is 0.263 e. The van der Waals surface area contributed by atoms with Crippen molar-refractivity contribution in [2.24, 2.45) is 0 Å². The van der Waals surface area contributed by atoms with E-state index in [4.69, 9.17) is 5.73 Å². The Labute approximate surface area is 118 Å². The van der Waals surface area contributed by atoms with Gasteiger partial charge in [-0.25, -0.2) is 12.8 Å². The van der Waals surface area contributed by atoms with Crippen molar-refractivity contribution >= 4 is 37.3 Å². The van der Waals surface area contributed by atoms with Crippen LogP contribution in [0.5, 0.6) is 0 Å². The van der Waals surface area contributed by atoms with E-state index < -0.39 is 15.8 Å². The minimum absolute atomic E-state index is 0.0333. The molecular formula is C12H10BrFN2O2S. The summed E-state index contributed by atoms with van der Waals surface area (Å²) in [7, 11) is -3.80. The third kappa shape index (κ3) is 3.24. The zero-order chi connectivity index (χ0) is 14.0. The predicted molar refractivity (Wildman–Crippen MR) is 75.8 cm³/mol. The first-order valence-electron chi connectivity index (χ1n) is 5.22. The second kappa shape index (κ2) is 5.18. The third-order valence-electron chi connectivity index (χ3n) is 2.32. The SMILES string of the molecule is Nc1ccc(S(=O)(=O)Nc2cccc(F)c2)c(Br)c1. The number of anilines is 2. The molecular weight excluding hydrogens is 335 g/mol. The van der Waals surface area contributed by atoms with E-state index in [2.05, 4.69) is 20.7 Å². The van der Waals surface area contributed by atoms with Gasteiger partial charge in [0, 0.05) is 10.2 Å². The van der Waals surface area contributed by atoms with E-state index in [0.717, 1.165) is 6.07 Å². The van der Waals surface area contributed by atoms with Gasteiger partial charge in [-0.05, 0) is 52.3 Å². The van der Waals surface area contributed by atoms with Gasteiger partial charge < -0.3 is 5.73 Å². The highest BCUT2D eigenvalue weighted by molar-refractivity contribution is 9.10. The summed E-state index contributed by atoms with van der Waals surface area (Å²) in [6.07, 6.45) is 0. The molecule has 0 aliphatic rings. The van der Waals surface area contributed by atoms with Gasteiger partial charge >= 0.3 is 0 Å². The Hall–Kier alpha value is -1.60. The number of hydrogen-bond acceptors (Lipinski definition) is 3. The van der Waals surface area contributed by atoms with Crippen molar-refractivity contribution in [2.75, 3.05) is 10.5 Å². The summed E-state index contributed by atoms with van der Waals surface area (Å²) in [4.78, 5) is 0.0333. The molecule has 0 saturated carbocycles. The number of nitrogens with two attached hydrogens (primary N) is 1. The highest BCUT2D eigenvalue weighted by atomic mass is 79.9. The topological polar surface area (TPSA) is 72.2 Å². The van der Waals surface area contributed by atoms with Crippen molar-refractivity contribution < 1.29 is 12.8 Å². The molecule has 0 aliphatic carbocycles. The summed E-state index contributed by atoms with van der Waals surface area (Å²) in [5, 5.41) is 0. The van der Waals surface area contributed by atoms with Crippen LogP contribution in [-0.2, 0) is 10.0 Å². The van der Waals surface area contributed by atoms with E-state index in [1.165, 1.54) is 36.4 Å². The number of benzene rings is 2. The molecule has 7 heteroatoms. The van der Waals surface area contributed by atoms with E-state index >= 15 is 0 Å². The summed E-state index contributed by atoms with van der Waals surface area (Å²) in [5.41, 5.74) is 6.15. The zero-order valence-corrected chi connectivity index (χ0v) is 12.0. The van der Waals surface area contributed by atoms with Crippen molar-refractivity contribution in [1.29, 1.82) is 0 Å². The van der Waals surface area contributed by atoms with Crippen molar-refractivity contribution in [3.8, 4) is 0 Å². The molecule has 0 amide bonds. The minimum atomic E-state index is -3.80. The molecule has 0 radical (unpaired) electrons. The van der Waals surface area contributed by atoms with Crippen molar-refractivity contribution in [2.45, 2.75) is 4.90 Å². The molecule has 0 spiro atoms. The number of rotatable bonds is 3.